The zero-order valence-electron chi connectivity index (χ0n) is 12.0. The van der Waals surface area contributed by atoms with Crippen LogP contribution in [0.25, 0.3) is 0 Å². The van der Waals surface area contributed by atoms with E-state index in [9.17, 15) is 4.79 Å². The van der Waals surface area contributed by atoms with Gasteiger partial charge < -0.3 is 4.90 Å². The van der Waals surface area contributed by atoms with Gasteiger partial charge >= 0.3 is 0 Å². The molecule has 2 bridgehead atoms. The Morgan fingerprint density at radius 1 is 1.05 bits per heavy atom. The van der Waals surface area contributed by atoms with Crippen LogP contribution in [-0.4, -0.2) is 17.9 Å². The Morgan fingerprint density at radius 2 is 1.58 bits per heavy atom. The molecule has 2 unspecified atom stereocenters. The lowest BCUT2D eigenvalue weighted by Gasteiger charge is -2.38. The maximum Gasteiger partial charge on any atom is 0.137 e. The van der Waals surface area contributed by atoms with Gasteiger partial charge in [-0.25, -0.2) is 0 Å². The lowest BCUT2D eigenvalue weighted by atomic mass is 9.95. The van der Waals surface area contributed by atoms with Gasteiger partial charge in [-0.05, 0) is 36.8 Å². The van der Waals surface area contributed by atoms with Gasteiger partial charge in [-0.3, -0.25) is 4.79 Å². The minimum absolute atomic E-state index is 0.462. The van der Waals surface area contributed by atoms with Crippen molar-refractivity contribution in [2.75, 3.05) is 4.90 Å². The fourth-order valence-corrected chi connectivity index (χ4v) is 3.88. The van der Waals surface area contributed by atoms with E-state index in [1.807, 2.05) is 0 Å². The molecule has 0 radical (unpaired) electrons. The first-order valence-electron chi connectivity index (χ1n) is 7.65. The molecule has 2 aliphatic heterocycles. The van der Waals surface area contributed by atoms with Crippen LogP contribution in [0.5, 0.6) is 0 Å². The number of ketones is 1. The second-order valence-electron chi connectivity index (χ2n) is 5.87. The number of hydrogen-bond acceptors (Lipinski definition) is 2. The van der Waals surface area contributed by atoms with Crippen molar-refractivity contribution in [1.29, 1.82) is 0 Å². The third kappa shape index (κ3) is 2.07. The van der Waals surface area contributed by atoms with Gasteiger partial charge in [-0.15, -0.1) is 0 Å². The highest BCUT2D eigenvalue weighted by Crippen LogP contribution is 2.41. The highest BCUT2D eigenvalue weighted by Gasteiger charge is 2.41. The molecule has 1 aromatic carbocycles. The monoisotopic (exact) mass is 257 g/mol. The second kappa shape index (κ2) is 4.99. The normalized spacial score (nSPS) is 26.0. The maximum absolute atomic E-state index is 11.8. The van der Waals surface area contributed by atoms with Crippen molar-refractivity contribution in [3.05, 3.63) is 29.3 Å². The Labute approximate surface area is 115 Å². The SMILES string of the molecule is CCc1cccc(CC)c1N1C2CCC1CC(=O)C2. The number of rotatable bonds is 3. The predicted molar refractivity (Wildman–Crippen MR) is 78.7 cm³/mol. The van der Waals surface area contributed by atoms with E-state index in [-0.39, 0.29) is 0 Å². The van der Waals surface area contributed by atoms with E-state index in [4.69, 9.17) is 0 Å². The Kier molecular flexibility index (Phi) is 3.34. The van der Waals surface area contributed by atoms with Gasteiger partial charge in [0.15, 0.2) is 0 Å². The number of Topliss-reactive ketones (excluding diaryl/α,β-unsaturated/α-hetero) is 1. The Bertz CT molecular complexity index is 456. The Balaban J connectivity index is 2.05. The molecule has 102 valence electrons. The molecule has 2 nitrogen and oxygen atoms in total. The summed E-state index contributed by atoms with van der Waals surface area (Å²) in [5.74, 6) is 0.468. The fraction of sp³-hybridized carbons (Fsp3) is 0.588. The highest BCUT2D eigenvalue weighted by atomic mass is 16.1. The molecule has 0 N–H and O–H groups in total. The smallest absolute Gasteiger partial charge is 0.137 e. The van der Waals surface area contributed by atoms with Crippen molar-refractivity contribution < 1.29 is 4.79 Å². The molecule has 0 saturated carbocycles. The number of nitrogens with zero attached hydrogens (tertiary/aromatic N) is 1. The van der Waals surface area contributed by atoms with Gasteiger partial charge in [-0.2, -0.15) is 0 Å². The van der Waals surface area contributed by atoms with Crippen LogP contribution >= 0.6 is 0 Å². The average Bonchev–Trinajstić information content (AvgIpc) is 2.69. The molecule has 2 heterocycles. The van der Waals surface area contributed by atoms with Gasteiger partial charge in [0.2, 0.25) is 0 Å². The molecule has 19 heavy (non-hydrogen) atoms. The number of piperidine rings is 1. The number of carbonyl (C=O) groups is 1. The first-order valence-corrected chi connectivity index (χ1v) is 7.65. The third-order valence-corrected chi connectivity index (χ3v) is 4.77. The number of para-hydroxylation sites is 1. The van der Waals surface area contributed by atoms with E-state index < -0.39 is 0 Å². The molecule has 1 aromatic rings. The zero-order chi connectivity index (χ0) is 13.4. The van der Waals surface area contributed by atoms with Gasteiger partial charge in [0, 0.05) is 30.6 Å². The molecule has 2 atom stereocenters. The van der Waals surface area contributed by atoms with Crippen LogP contribution in [-0.2, 0) is 17.6 Å². The Hall–Kier alpha value is -1.31. The van der Waals surface area contributed by atoms with Crippen molar-refractivity contribution >= 4 is 11.5 Å². The molecule has 0 amide bonds. The standard InChI is InChI=1S/C17H23NO/c1-3-12-6-5-7-13(4-2)17(12)18-14-8-9-15(18)11-16(19)10-14/h5-7,14-15H,3-4,8-11H2,1-2H3. The summed E-state index contributed by atoms with van der Waals surface area (Å²) in [6.45, 7) is 4.46. The molecule has 2 aliphatic rings. The molecular weight excluding hydrogens is 234 g/mol. The average molecular weight is 257 g/mol. The summed E-state index contributed by atoms with van der Waals surface area (Å²) < 4.78 is 0. The quantitative estimate of drug-likeness (QED) is 0.826. The predicted octanol–water partition coefficient (Wildman–Crippen LogP) is 3.51. The van der Waals surface area contributed by atoms with Gasteiger partial charge in [0.05, 0.1) is 0 Å². The highest BCUT2D eigenvalue weighted by molar-refractivity contribution is 5.83. The van der Waals surface area contributed by atoms with Crippen LogP contribution in [0.1, 0.15) is 50.7 Å². The number of fused-ring (bicyclic) bond motifs is 2. The lowest BCUT2D eigenvalue weighted by Crippen LogP contribution is -2.44. The van der Waals surface area contributed by atoms with Crippen molar-refractivity contribution in [1.82, 2.24) is 0 Å². The number of carbonyl (C=O) groups excluding carboxylic acids is 1. The maximum atomic E-state index is 11.8. The topological polar surface area (TPSA) is 20.3 Å². The summed E-state index contributed by atoms with van der Waals surface area (Å²) >= 11 is 0. The summed E-state index contributed by atoms with van der Waals surface area (Å²) in [6.07, 6.45) is 6.06. The molecule has 2 heteroatoms. The number of benzene rings is 1. The summed E-state index contributed by atoms with van der Waals surface area (Å²) in [5.41, 5.74) is 4.35. The number of aryl methyl sites for hydroxylation is 2. The molecular formula is C17H23NO. The first-order chi connectivity index (χ1) is 9.24. The molecule has 0 aromatic heterocycles. The molecule has 3 rings (SSSR count). The van der Waals surface area contributed by atoms with E-state index >= 15 is 0 Å². The van der Waals surface area contributed by atoms with Crippen LogP contribution in [0.3, 0.4) is 0 Å². The second-order valence-corrected chi connectivity index (χ2v) is 5.87. The summed E-state index contributed by atoms with van der Waals surface area (Å²) in [5, 5.41) is 0. The van der Waals surface area contributed by atoms with Crippen molar-refractivity contribution in [2.24, 2.45) is 0 Å². The Morgan fingerprint density at radius 3 is 2.05 bits per heavy atom. The minimum Gasteiger partial charge on any atom is -0.364 e. The molecule has 2 saturated heterocycles. The van der Waals surface area contributed by atoms with Crippen LogP contribution in [0.2, 0.25) is 0 Å². The van der Waals surface area contributed by atoms with E-state index in [2.05, 4.69) is 36.9 Å². The molecule has 2 fully saturated rings. The fourth-order valence-electron chi connectivity index (χ4n) is 3.88. The van der Waals surface area contributed by atoms with Crippen molar-refractivity contribution in [3.8, 4) is 0 Å². The summed E-state index contributed by atoms with van der Waals surface area (Å²) in [6, 6.07) is 7.61. The van der Waals surface area contributed by atoms with Crippen molar-refractivity contribution in [2.45, 2.75) is 64.5 Å². The van der Waals surface area contributed by atoms with Gasteiger partial charge in [0.25, 0.3) is 0 Å². The van der Waals surface area contributed by atoms with Crippen LogP contribution in [0, 0.1) is 0 Å². The third-order valence-electron chi connectivity index (χ3n) is 4.77. The molecule has 0 spiro atoms. The first kappa shape index (κ1) is 12.7. The molecule has 0 aliphatic carbocycles. The van der Waals surface area contributed by atoms with Crippen molar-refractivity contribution in [3.63, 3.8) is 0 Å². The van der Waals surface area contributed by atoms with E-state index in [0.29, 0.717) is 17.9 Å². The van der Waals surface area contributed by atoms with Gasteiger partial charge in [-0.1, -0.05) is 32.0 Å². The van der Waals surface area contributed by atoms with Gasteiger partial charge in [0.1, 0.15) is 5.78 Å². The van der Waals surface area contributed by atoms with E-state index in [0.717, 1.165) is 25.7 Å². The minimum atomic E-state index is 0.462. The number of hydrogen-bond donors (Lipinski definition) is 0. The largest absolute Gasteiger partial charge is 0.364 e. The van der Waals surface area contributed by atoms with Crippen LogP contribution in [0.15, 0.2) is 18.2 Å². The van der Waals surface area contributed by atoms with Crippen LogP contribution < -0.4 is 4.90 Å². The zero-order valence-corrected chi connectivity index (χ0v) is 12.0. The number of anilines is 1. The van der Waals surface area contributed by atoms with Crippen LogP contribution in [0.4, 0.5) is 5.69 Å². The van der Waals surface area contributed by atoms with E-state index in [1.54, 1.807) is 0 Å². The summed E-state index contributed by atoms with van der Waals surface area (Å²) in [7, 11) is 0. The lowest BCUT2D eigenvalue weighted by molar-refractivity contribution is -0.120. The summed E-state index contributed by atoms with van der Waals surface area (Å²) in [4.78, 5) is 14.4. The van der Waals surface area contributed by atoms with E-state index in [1.165, 1.54) is 29.7 Å².